The number of nitrogens with zero attached hydrogens (tertiary/aromatic N) is 3. The third-order valence-electron chi connectivity index (χ3n) is 2.85. The molecule has 7 heteroatoms. The molecule has 0 aromatic carbocycles. The number of rotatable bonds is 3. The molecule has 98 valence electrons. The summed E-state index contributed by atoms with van der Waals surface area (Å²) in [6.07, 6.45) is 3.36. The SMILES string of the molecule is O=C(c1ccc(Br)o1)N1CC(Nc2ncccn2)C1. The monoisotopic (exact) mass is 322 g/mol. The van der Waals surface area contributed by atoms with Crippen LogP contribution in [-0.2, 0) is 0 Å². The van der Waals surface area contributed by atoms with E-state index >= 15 is 0 Å². The van der Waals surface area contributed by atoms with Crippen LogP contribution >= 0.6 is 15.9 Å². The standard InChI is InChI=1S/C12H11BrN4O2/c13-10-3-2-9(19-10)11(18)17-6-8(7-17)16-12-14-4-1-5-15-12/h1-5,8H,6-7H2,(H,14,15,16). The molecule has 0 saturated carbocycles. The quantitative estimate of drug-likeness (QED) is 0.932. The van der Waals surface area contributed by atoms with Gasteiger partial charge in [0.1, 0.15) is 0 Å². The summed E-state index contributed by atoms with van der Waals surface area (Å²) in [5.41, 5.74) is 0. The van der Waals surface area contributed by atoms with Gasteiger partial charge < -0.3 is 14.6 Å². The molecular formula is C12H11BrN4O2. The molecule has 1 amide bonds. The largest absolute Gasteiger partial charge is 0.444 e. The number of carbonyl (C=O) groups is 1. The Balaban J connectivity index is 1.54. The van der Waals surface area contributed by atoms with Crippen LogP contribution in [0.3, 0.4) is 0 Å². The number of likely N-dealkylation sites (tertiary alicyclic amines) is 1. The first-order valence-electron chi connectivity index (χ1n) is 5.80. The molecule has 0 bridgehead atoms. The summed E-state index contributed by atoms with van der Waals surface area (Å²) in [5.74, 6) is 0.833. The summed E-state index contributed by atoms with van der Waals surface area (Å²) in [4.78, 5) is 21.9. The number of carbonyl (C=O) groups excluding carboxylic acids is 1. The third-order valence-corrected chi connectivity index (χ3v) is 3.28. The third kappa shape index (κ3) is 2.60. The van der Waals surface area contributed by atoms with Crippen LogP contribution in [0.15, 0.2) is 39.7 Å². The van der Waals surface area contributed by atoms with E-state index in [0.29, 0.717) is 29.5 Å². The van der Waals surface area contributed by atoms with Crippen molar-refractivity contribution in [2.75, 3.05) is 18.4 Å². The zero-order chi connectivity index (χ0) is 13.2. The average Bonchev–Trinajstić information content (AvgIpc) is 2.80. The van der Waals surface area contributed by atoms with Crippen LogP contribution in [0.25, 0.3) is 0 Å². The Morgan fingerprint density at radius 2 is 2.11 bits per heavy atom. The van der Waals surface area contributed by atoms with E-state index in [2.05, 4.69) is 31.2 Å². The predicted molar refractivity (Wildman–Crippen MR) is 71.8 cm³/mol. The van der Waals surface area contributed by atoms with Crippen molar-refractivity contribution in [3.63, 3.8) is 0 Å². The van der Waals surface area contributed by atoms with Crippen LogP contribution in [0.5, 0.6) is 0 Å². The van der Waals surface area contributed by atoms with E-state index in [0.717, 1.165) is 0 Å². The fourth-order valence-electron chi connectivity index (χ4n) is 1.88. The second-order valence-corrected chi connectivity index (χ2v) is 5.01. The lowest BCUT2D eigenvalue weighted by atomic mass is 10.1. The molecule has 3 rings (SSSR count). The summed E-state index contributed by atoms with van der Waals surface area (Å²) < 4.78 is 5.80. The molecule has 0 radical (unpaired) electrons. The van der Waals surface area contributed by atoms with Crippen molar-refractivity contribution in [1.29, 1.82) is 0 Å². The molecule has 6 nitrogen and oxygen atoms in total. The molecule has 0 unspecified atom stereocenters. The highest BCUT2D eigenvalue weighted by atomic mass is 79.9. The minimum absolute atomic E-state index is 0.0993. The van der Waals surface area contributed by atoms with Crippen LogP contribution in [0, 0.1) is 0 Å². The van der Waals surface area contributed by atoms with E-state index in [9.17, 15) is 4.79 Å². The van der Waals surface area contributed by atoms with Gasteiger partial charge in [0, 0.05) is 25.5 Å². The van der Waals surface area contributed by atoms with E-state index < -0.39 is 0 Å². The molecule has 1 aliphatic rings. The summed E-state index contributed by atoms with van der Waals surface area (Å²) in [5, 5.41) is 3.16. The van der Waals surface area contributed by atoms with Gasteiger partial charge in [-0.25, -0.2) is 9.97 Å². The van der Waals surface area contributed by atoms with Crippen molar-refractivity contribution in [3.8, 4) is 0 Å². The summed E-state index contributed by atoms with van der Waals surface area (Å²) in [6.45, 7) is 1.24. The van der Waals surface area contributed by atoms with Crippen LogP contribution < -0.4 is 5.32 Å². The van der Waals surface area contributed by atoms with Gasteiger partial charge in [0.2, 0.25) is 5.95 Å². The number of halogens is 1. The fourth-order valence-corrected chi connectivity index (χ4v) is 2.18. The van der Waals surface area contributed by atoms with E-state index in [4.69, 9.17) is 4.42 Å². The van der Waals surface area contributed by atoms with Crippen LogP contribution in [0.4, 0.5) is 5.95 Å². The molecule has 19 heavy (non-hydrogen) atoms. The zero-order valence-corrected chi connectivity index (χ0v) is 11.5. The molecule has 0 spiro atoms. The molecular weight excluding hydrogens is 312 g/mol. The molecule has 2 aromatic heterocycles. The van der Waals surface area contributed by atoms with E-state index in [1.165, 1.54) is 0 Å². The molecule has 3 heterocycles. The maximum absolute atomic E-state index is 12.0. The minimum atomic E-state index is -0.0993. The van der Waals surface area contributed by atoms with Gasteiger partial charge in [-0.05, 0) is 34.1 Å². The van der Waals surface area contributed by atoms with Gasteiger partial charge in [-0.15, -0.1) is 0 Å². The highest BCUT2D eigenvalue weighted by Gasteiger charge is 2.32. The Morgan fingerprint density at radius 3 is 2.74 bits per heavy atom. The molecule has 2 aromatic rings. The number of furan rings is 1. The molecule has 0 atom stereocenters. The van der Waals surface area contributed by atoms with Gasteiger partial charge in [-0.3, -0.25) is 4.79 Å². The fraction of sp³-hybridized carbons (Fsp3) is 0.250. The molecule has 1 N–H and O–H groups in total. The first-order chi connectivity index (χ1) is 9.22. The highest BCUT2D eigenvalue weighted by molar-refractivity contribution is 9.10. The lowest BCUT2D eigenvalue weighted by Crippen LogP contribution is -2.57. The predicted octanol–water partition coefficient (Wildman–Crippen LogP) is 1.77. The van der Waals surface area contributed by atoms with Crippen molar-refractivity contribution >= 4 is 27.8 Å². The highest BCUT2D eigenvalue weighted by Crippen LogP contribution is 2.19. The minimum Gasteiger partial charge on any atom is -0.444 e. The maximum Gasteiger partial charge on any atom is 0.289 e. The van der Waals surface area contributed by atoms with Crippen LogP contribution in [0.1, 0.15) is 10.6 Å². The maximum atomic E-state index is 12.0. The summed E-state index contributed by atoms with van der Waals surface area (Å²) in [6, 6.07) is 5.31. The molecule has 1 aliphatic heterocycles. The van der Waals surface area contributed by atoms with Crippen LogP contribution in [0.2, 0.25) is 0 Å². The second-order valence-electron chi connectivity index (χ2n) is 4.23. The smallest absolute Gasteiger partial charge is 0.289 e. The van der Waals surface area contributed by atoms with E-state index in [1.54, 1.807) is 35.5 Å². The number of hydrogen-bond acceptors (Lipinski definition) is 5. The van der Waals surface area contributed by atoms with Gasteiger partial charge in [0.25, 0.3) is 5.91 Å². The molecule has 0 aliphatic carbocycles. The van der Waals surface area contributed by atoms with Crippen molar-refractivity contribution in [2.24, 2.45) is 0 Å². The molecule has 1 fully saturated rings. The van der Waals surface area contributed by atoms with Crippen molar-refractivity contribution in [3.05, 3.63) is 41.0 Å². The number of nitrogens with one attached hydrogen (secondary N) is 1. The van der Waals surface area contributed by atoms with Gasteiger partial charge in [0.15, 0.2) is 10.4 Å². The Labute approximate surface area is 118 Å². The number of aromatic nitrogens is 2. The van der Waals surface area contributed by atoms with Gasteiger partial charge >= 0.3 is 0 Å². The number of anilines is 1. The summed E-state index contributed by atoms with van der Waals surface area (Å²) >= 11 is 3.18. The van der Waals surface area contributed by atoms with Crippen molar-refractivity contribution in [1.82, 2.24) is 14.9 Å². The normalized spacial score (nSPS) is 15.1. The Kier molecular flexibility index (Phi) is 3.20. The Hall–Kier alpha value is -1.89. The van der Waals surface area contributed by atoms with Gasteiger partial charge in [0.05, 0.1) is 6.04 Å². The summed E-state index contributed by atoms with van der Waals surface area (Å²) in [7, 11) is 0. The van der Waals surface area contributed by atoms with Gasteiger partial charge in [-0.1, -0.05) is 0 Å². The van der Waals surface area contributed by atoms with Crippen molar-refractivity contribution < 1.29 is 9.21 Å². The molecule has 1 saturated heterocycles. The average molecular weight is 323 g/mol. The number of hydrogen-bond donors (Lipinski definition) is 1. The topological polar surface area (TPSA) is 71.3 Å². The van der Waals surface area contributed by atoms with E-state index in [-0.39, 0.29) is 11.9 Å². The second kappa shape index (κ2) is 5.00. The van der Waals surface area contributed by atoms with Crippen molar-refractivity contribution in [2.45, 2.75) is 6.04 Å². The first kappa shape index (κ1) is 12.2. The lowest BCUT2D eigenvalue weighted by Gasteiger charge is -2.38. The Morgan fingerprint density at radius 1 is 1.37 bits per heavy atom. The van der Waals surface area contributed by atoms with E-state index in [1.807, 2.05) is 0 Å². The lowest BCUT2D eigenvalue weighted by molar-refractivity contribution is 0.0590. The zero-order valence-electron chi connectivity index (χ0n) is 9.91. The van der Waals surface area contributed by atoms with Gasteiger partial charge in [-0.2, -0.15) is 0 Å². The number of amides is 1. The first-order valence-corrected chi connectivity index (χ1v) is 6.60. The van der Waals surface area contributed by atoms with Crippen LogP contribution in [-0.4, -0.2) is 39.9 Å². The Bertz CT molecular complexity index is 580.